The lowest BCUT2D eigenvalue weighted by Crippen LogP contribution is -2.55. The minimum absolute atomic E-state index is 0.110. The van der Waals surface area contributed by atoms with Crippen LogP contribution in [-0.4, -0.2) is 37.1 Å². The van der Waals surface area contributed by atoms with Gasteiger partial charge in [0.25, 0.3) is 5.92 Å². The first kappa shape index (κ1) is 15.4. The summed E-state index contributed by atoms with van der Waals surface area (Å²) < 4.78 is 28.6. The first-order chi connectivity index (χ1) is 9.53. The molecule has 1 fully saturated rings. The Bertz CT molecular complexity index is 408. The molecule has 1 aromatic carbocycles. The minimum Gasteiger partial charge on any atom is -0.311 e. The molecule has 0 aliphatic carbocycles. The van der Waals surface area contributed by atoms with E-state index in [2.05, 4.69) is 19.2 Å². The van der Waals surface area contributed by atoms with Crippen molar-refractivity contribution in [3.8, 4) is 0 Å². The van der Waals surface area contributed by atoms with Crippen LogP contribution in [0.1, 0.15) is 25.8 Å². The molecule has 1 aromatic rings. The van der Waals surface area contributed by atoms with Gasteiger partial charge in [0.05, 0.1) is 6.54 Å². The molecule has 1 heterocycles. The fourth-order valence-electron chi connectivity index (χ4n) is 2.71. The summed E-state index contributed by atoms with van der Waals surface area (Å²) in [5.74, 6) is -2.26. The fourth-order valence-corrected chi connectivity index (χ4v) is 2.71. The summed E-state index contributed by atoms with van der Waals surface area (Å²) in [7, 11) is 0. The summed E-state index contributed by atoms with van der Waals surface area (Å²) in [6.45, 7) is 6.32. The molecule has 0 bridgehead atoms. The Morgan fingerprint density at radius 2 is 2.05 bits per heavy atom. The molecule has 0 saturated carbocycles. The number of nitrogens with zero attached hydrogens (tertiary/aromatic N) is 1. The summed E-state index contributed by atoms with van der Waals surface area (Å²) >= 11 is 0. The van der Waals surface area contributed by atoms with Crippen molar-refractivity contribution in [2.45, 2.75) is 32.2 Å². The first-order valence-corrected chi connectivity index (χ1v) is 7.42. The topological polar surface area (TPSA) is 15.3 Å². The van der Waals surface area contributed by atoms with E-state index in [0.29, 0.717) is 25.0 Å². The van der Waals surface area contributed by atoms with E-state index in [0.717, 1.165) is 13.0 Å². The lowest BCUT2D eigenvalue weighted by atomic mass is 9.96. The molecule has 1 aliphatic rings. The zero-order valence-corrected chi connectivity index (χ0v) is 12.3. The number of benzene rings is 1. The number of halogens is 2. The molecule has 0 amide bonds. The van der Waals surface area contributed by atoms with Gasteiger partial charge in [-0.05, 0) is 5.92 Å². The van der Waals surface area contributed by atoms with Crippen molar-refractivity contribution >= 4 is 0 Å². The van der Waals surface area contributed by atoms with Gasteiger partial charge in [0, 0.05) is 31.2 Å². The third-order valence-electron chi connectivity index (χ3n) is 4.24. The van der Waals surface area contributed by atoms with Crippen molar-refractivity contribution in [1.29, 1.82) is 0 Å². The highest BCUT2D eigenvalue weighted by Crippen LogP contribution is 2.29. The van der Waals surface area contributed by atoms with Gasteiger partial charge >= 0.3 is 0 Å². The summed E-state index contributed by atoms with van der Waals surface area (Å²) in [4.78, 5) is 1.89. The Labute approximate surface area is 120 Å². The molecule has 2 unspecified atom stereocenters. The van der Waals surface area contributed by atoms with Gasteiger partial charge in [0.15, 0.2) is 0 Å². The fraction of sp³-hybridized carbons (Fsp3) is 0.625. The third-order valence-corrected chi connectivity index (χ3v) is 4.24. The van der Waals surface area contributed by atoms with Crippen LogP contribution >= 0.6 is 0 Å². The van der Waals surface area contributed by atoms with E-state index >= 15 is 0 Å². The van der Waals surface area contributed by atoms with Gasteiger partial charge in [0.2, 0.25) is 0 Å². The monoisotopic (exact) mass is 282 g/mol. The maximum atomic E-state index is 14.3. The van der Waals surface area contributed by atoms with E-state index in [4.69, 9.17) is 0 Å². The number of hydrogen-bond donors (Lipinski definition) is 1. The van der Waals surface area contributed by atoms with Crippen LogP contribution in [0.3, 0.4) is 0 Å². The van der Waals surface area contributed by atoms with Crippen LogP contribution < -0.4 is 5.32 Å². The van der Waals surface area contributed by atoms with Crippen molar-refractivity contribution in [3.05, 3.63) is 35.9 Å². The minimum atomic E-state index is -2.78. The van der Waals surface area contributed by atoms with Gasteiger partial charge in [0.1, 0.15) is 0 Å². The number of hydrogen-bond acceptors (Lipinski definition) is 2. The van der Waals surface area contributed by atoms with E-state index in [1.165, 1.54) is 12.1 Å². The van der Waals surface area contributed by atoms with Gasteiger partial charge in [-0.1, -0.05) is 50.6 Å². The molecule has 2 atom stereocenters. The van der Waals surface area contributed by atoms with E-state index in [9.17, 15) is 8.78 Å². The molecule has 4 heteroatoms. The third kappa shape index (κ3) is 3.76. The smallest absolute Gasteiger partial charge is 0.285 e. The van der Waals surface area contributed by atoms with Gasteiger partial charge in [-0.15, -0.1) is 0 Å². The predicted molar refractivity (Wildman–Crippen MR) is 78.0 cm³/mol. The van der Waals surface area contributed by atoms with Crippen LogP contribution in [0.5, 0.6) is 0 Å². The van der Waals surface area contributed by atoms with Crippen molar-refractivity contribution in [2.75, 3.05) is 26.2 Å². The SMILES string of the molecule is CCC(C)C1CN(CC(F)(F)c2ccccc2)CCN1. The maximum absolute atomic E-state index is 14.3. The molecule has 20 heavy (non-hydrogen) atoms. The lowest BCUT2D eigenvalue weighted by molar-refractivity contribution is -0.0450. The number of piperazine rings is 1. The van der Waals surface area contributed by atoms with Crippen LogP contribution in [-0.2, 0) is 5.92 Å². The second-order valence-corrected chi connectivity index (χ2v) is 5.75. The molecule has 0 radical (unpaired) electrons. The maximum Gasteiger partial charge on any atom is 0.285 e. The molecule has 1 saturated heterocycles. The predicted octanol–water partition coefficient (Wildman–Crippen LogP) is 3.10. The van der Waals surface area contributed by atoms with Crippen LogP contribution in [0, 0.1) is 5.92 Å². The summed E-state index contributed by atoms with van der Waals surface area (Å²) in [5, 5.41) is 3.44. The van der Waals surface area contributed by atoms with Crippen LogP contribution in [0.15, 0.2) is 30.3 Å². The standard InChI is InChI=1S/C16H24F2N2/c1-3-13(2)15-11-20(10-9-19-15)12-16(17,18)14-7-5-4-6-8-14/h4-8,13,15,19H,3,9-12H2,1-2H3. The molecule has 1 N–H and O–H groups in total. The van der Waals surface area contributed by atoms with E-state index < -0.39 is 5.92 Å². The van der Waals surface area contributed by atoms with Crippen molar-refractivity contribution in [1.82, 2.24) is 10.2 Å². The number of rotatable bonds is 5. The summed E-state index contributed by atoms with van der Waals surface area (Å²) in [6.07, 6.45) is 1.07. The Hall–Kier alpha value is -1.00. The van der Waals surface area contributed by atoms with E-state index in [1.807, 2.05) is 4.90 Å². The molecular formula is C16H24F2N2. The highest BCUT2D eigenvalue weighted by atomic mass is 19.3. The Morgan fingerprint density at radius 1 is 1.35 bits per heavy atom. The molecule has 112 valence electrons. The van der Waals surface area contributed by atoms with Crippen LogP contribution in [0.4, 0.5) is 8.78 Å². The second kappa shape index (κ2) is 6.64. The first-order valence-electron chi connectivity index (χ1n) is 7.42. The molecule has 2 rings (SSSR count). The summed E-state index contributed by atoms with van der Waals surface area (Å²) in [6, 6.07) is 8.44. The Morgan fingerprint density at radius 3 is 2.70 bits per heavy atom. The highest BCUT2D eigenvalue weighted by Gasteiger charge is 2.35. The normalized spacial score (nSPS) is 22.7. The van der Waals surface area contributed by atoms with Crippen molar-refractivity contribution in [2.24, 2.45) is 5.92 Å². The average molecular weight is 282 g/mol. The van der Waals surface area contributed by atoms with Crippen molar-refractivity contribution < 1.29 is 8.78 Å². The zero-order valence-electron chi connectivity index (χ0n) is 12.3. The Balaban J connectivity index is 1.98. The summed E-state index contributed by atoms with van der Waals surface area (Å²) in [5.41, 5.74) is 0.110. The molecule has 0 aromatic heterocycles. The van der Waals surface area contributed by atoms with Gasteiger partial charge < -0.3 is 5.32 Å². The average Bonchev–Trinajstić information content (AvgIpc) is 2.47. The molecule has 2 nitrogen and oxygen atoms in total. The van der Waals surface area contributed by atoms with Gasteiger partial charge in [-0.25, -0.2) is 0 Å². The lowest BCUT2D eigenvalue weighted by Gasteiger charge is -2.38. The zero-order chi connectivity index (χ0) is 14.6. The largest absolute Gasteiger partial charge is 0.311 e. The molecular weight excluding hydrogens is 258 g/mol. The van der Waals surface area contributed by atoms with Crippen LogP contribution in [0.25, 0.3) is 0 Å². The van der Waals surface area contributed by atoms with Crippen LogP contribution in [0.2, 0.25) is 0 Å². The van der Waals surface area contributed by atoms with E-state index in [1.54, 1.807) is 18.2 Å². The number of alkyl halides is 2. The Kier molecular flexibility index (Phi) is 5.11. The molecule has 1 aliphatic heterocycles. The number of nitrogens with one attached hydrogen (secondary N) is 1. The quantitative estimate of drug-likeness (QED) is 0.893. The second-order valence-electron chi connectivity index (χ2n) is 5.75. The highest BCUT2D eigenvalue weighted by molar-refractivity contribution is 5.20. The van der Waals surface area contributed by atoms with Gasteiger partial charge in [-0.2, -0.15) is 8.78 Å². The van der Waals surface area contributed by atoms with Crippen molar-refractivity contribution in [3.63, 3.8) is 0 Å². The van der Waals surface area contributed by atoms with Gasteiger partial charge in [-0.3, -0.25) is 4.90 Å². The van der Waals surface area contributed by atoms with E-state index in [-0.39, 0.29) is 12.1 Å². The molecule has 0 spiro atoms.